The second kappa shape index (κ2) is 8.55. The third-order valence-electron chi connectivity index (χ3n) is 6.13. The van der Waals surface area contributed by atoms with Crippen LogP contribution in [0.25, 0.3) is 0 Å². The van der Waals surface area contributed by atoms with Crippen LogP contribution in [0.15, 0.2) is 36.7 Å². The van der Waals surface area contributed by atoms with Crippen LogP contribution in [-0.4, -0.2) is 67.6 Å². The molecule has 2 aromatic rings. The molecule has 1 aromatic heterocycles. The van der Waals surface area contributed by atoms with Crippen molar-refractivity contribution in [2.75, 3.05) is 44.1 Å². The highest BCUT2D eigenvalue weighted by atomic mass is 16.5. The Bertz CT molecular complexity index is 824. The number of β-amino-alcohol motifs (C(OH)–C–C–N with tert-alkyl or cyclic N) is 1. The van der Waals surface area contributed by atoms with Crippen molar-refractivity contribution >= 4 is 11.6 Å². The fourth-order valence-corrected chi connectivity index (χ4v) is 4.36. The van der Waals surface area contributed by atoms with Gasteiger partial charge in [0.05, 0.1) is 13.2 Å². The van der Waals surface area contributed by atoms with Crippen molar-refractivity contribution in [2.24, 2.45) is 0 Å². The lowest BCUT2D eigenvalue weighted by molar-refractivity contribution is 0.192. The fourth-order valence-electron chi connectivity index (χ4n) is 4.36. The fraction of sp³-hybridized carbons (Fsp3) is 0.545. The van der Waals surface area contributed by atoms with Crippen LogP contribution in [0.1, 0.15) is 30.7 Å². The van der Waals surface area contributed by atoms with Gasteiger partial charge in [-0.1, -0.05) is 12.1 Å². The first-order valence-corrected chi connectivity index (χ1v) is 10.3. The molecule has 0 amide bonds. The molecule has 2 N–H and O–H groups in total. The molecular formula is C22H31N5O2. The van der Waals surface area contributed by atoms with Gasteiger partial charge in [-0.25, -0.2) is 9.97 Å². The molecular weight excluding hydrogens is 366 g/mol. The molecule has 1 aromatic carbocycles. The maximum absolute atomic E-state index is 10.3. The van der Waals surface area contributed by atoms with E-state index in [9.17, 15) is 5.11 Å². The molecule has 7 nitrogen and oxygen atoms in total. The smallest absolute Gasteiger partial charge is 0.134 e. The van der Waals surface area contributed by atoms with Crippen LogP contribution in [-0.2, 0) is 0 Å². The van der Waals surface area contributed by atoms with Crippen LogP contribution < -0.4 is 19.9 Å². The molecule has 1 saturated carbocycles. The van der Waals surface area contributed by atoms with Gasteiger partial charge in [-0.3, -0.25) is 0 Å². The van der Waals surface area contributed by atoms with Gasteiger partial charge in [-0.2, -0.15) is 0 Å². The zero-order valence-electron chi connectivity index (χ0n) is 17.5. The minimum atomic E-state index is -0.314. The average Bonchev–Trinajstić information content (AvgIpc) is 3.07. The lowest BCUT2D eigenvalue weighted by Crippen LogP contribution is -2.46. The highest BCUT2D eigenvalue weighted by molar-refractivity contribution is 5.51. The van der Waals surface area contributed by atoms with Gasteiger partial charge in [0.1, 0.15) is 23.7 Å². The molecule has 0 radical (unpaired) electrons. The molecule has 2 fully saturated rings. The highest BCUT2D eigenvalue weighted by Crippen LogP contribution is 2.38. The molecule has 7 heteroatoms. The predicted molar refractivity (Wildman–Crippen MR) is 115 cm³/mol. The van der Waals surface area contributed by atoms with E-state index in [1.54, 1.807) is 13.4 Å². The molecule has 0 bridgehead atoms. The van der Waals surface area contributed by atoms with Crippen molar-refractivity contribution in [2.45, 2.75) is 43.4 Å². The lowest BCUT2D eigenvalue weighted by atomic mass is 9.76. The number of aromatic nitrogens is 2. The quantitative estimate of drug-likeness (QED) is 0.740. The summed E-state index contributed by atoms with van der Waals surface area (Å²) >= 11 is 0. The largest absolute Gasteiger partial charge is 0.497 e. The van der Waals surface area contributed by atoms with E-state index >= 15 is 0 Å². The van der Waals surface area contributed by atoms with E-state index in [2.05, 4.69) is 38.4 Å². The lowest BCUT2D eigenvalue weighted by Gasteiger charge is -2.38. The molecule has 156 valence electrons. The number of rotatable bonds is 7. The Morgan fingerprint density at radius 2 is 2.03 bits per heavy atom. The number of hydrogen-bond donors (Lipinski definition) is 2. The summed E-state index contributed by atoms with van der Waals surface area (Å²) in [5, 5.41) is 14.0. The van der Waals surface area contributed by atoms with E-state index in [4.69, 9.17) is 4.74 Å². The normalized spacial score (nSPS) is 26.3. The molecule has 0 spiro atoms. The summed E-state index contributed by atoms with van der Waals surface area (Å²) < 4.78 is 5.34. The zero-order chi connectivity index (χ0) is 20.4. The van der Waals surface area contributed by atoms with Gasteiger partial charge in [0.15, 0.2) is 0 Å². The molecule has 2 aliphatic rings. The zero-order valence-corrected chi connectivity index (χ0v) is 17.5. The van der Waals surface area contributed by atoms with Crippen LogP contribution in [0.2, 0.25) is 0 Å². The topological polar surface area (TPSA) is 73.8 Å². The Morgan fingerprint density at radius 1 is 1.21 bits per heavy atom. The molecule has 0 unspecified atom stereocenters. The summed E-state index contributed by atoms with van der Waals surface area (Å²) in [7, 11) is 5.66. The number of nitrogens with one attached hydrogen (secondary N) is 1. The Labute approximate surface area is 172 Å². The van der Waals surface area contributed by atoms with Gasteiger partial charge in [-0.15, -0.1) is 0 Å². The standard InChI is InChI=1S/C22H31N5O2/c1-26(2)21-11-22(25-14-24-21)27-13-19(28)10-18(27)12-23-17-7-16(8-17)15-5-4-6-20(9-15)29-3/h4-6,9,11,14,16-19,23,28H,7-8,10,12-13H2,1-3H3/t16?,17?,18-,19-/m1/s1. The number of ether oxygens (including phenoxy) is 1. The van der Waals surface area contributed by atoms with Gasteiger partial charge in [0, 0.05) is 45.3 Å². The summed E-state index contributed by atoms with van der Waals surface area (Å²) in [4.78, 5) is 12.9. The Hall–Kier alpha value is -2.38. The first kappa shape index (κ1) is 19.9. The first-order chi connectivity index (χ1) is 14.0. The van der Waals surface area contributed by atoms with Crippen molar-refractivity contribution in [3.63, 3.8) is 0 Å². The monoisotopic (exact) mass is 397 g/mol. The van der Waals surface area contributed by atoms with E-state index in [1.807, 2.05) is 31.1 Å². The van der Waals surface area contributed by atoms with Gasteiger partial charge < -0.3 is 25.0 Å². The molecule has 1 saturated heterocycles. The van der Waals surface area contributed by atoms with Crippen LogP contribution in [0.3, 0.4) is 0 Å². The number of nitrogens with zero attached hydrogens (tertiary/aromatic N) is 4. The Kier molecular flexibility index (Phi) is 5.87. The van der Waals surface area contributed by atoms with Gasteiger partial charge >= 0.3 is 0 Å². The summed E-state index contributed by atoms with van der Waals surface area (Å²) in [6.07, 6.45) is 4.33. The molecule has 1 aliphatic heterocycles. The van der Waals surface area contributed by atoms with Gasteiger partial charge in [-0.05, 0) is 42.9 Å². The second-order valence-corrected chi connectivity index (χ2v) is 8.37. The minimum absolute atomic E-state index is 0.241. The van der Waals surface area contributed by atoms with Crippen molar-refractivity contribution < 1.29 is 9.84 Å². The number of benzene rings is 1. The van der Waals surface area contributed by atoms with E-state index in [1.165, 1.54) is 5.56 Å². The number of methoxy groups -OCH3 is 1. The SMILES string of the molecule is COc1cccc(C2CC(NC[C@H]3C[C@@H](O)CN3c3cc(N(C)C)ncn3)C2)c1. The molecule has 4 rings (SSSR count). The highest BCUT2D eigenvalue weighted by Gasteiger charge is 2.35. The summed E-state index contributed by atoms with van der Waals surface area (Å²) in [5.74, 6) is 3.28. The third-order valence-corrected chi connectivity index (χ3v) is 6.13. The molecule has 2 heterocycles. The van der Waals surface area contributed by atoms with Crippen LogP contribution >= 0.6 is 0 Å². The predicted octanol–water partition coefficient (Wildman–Crippen LogP) is 2.03. The second-order valence-electron chi connectivity index (χ2n) is 8.37. The van der Waals surface area contributed by atoms with Crippen LogP contribution in [0.4, 0.5) is 11.6 Å². The summed E-state index contributed by atoms with van der Waals surface area (Å²) in [6, 6.07) is 11.2. The number of aliphatic hydroxyl groups is 1. The molecule has 2 atom stereocenters. The maximum atomic E-state index is 10.3. The van der Waals surface area contributed by atoms with E-state index < -0.39 is 0 Å². The van der Waals surface area contributed by atoms with Gasteiger partial charge in [0.25, 0.3) is 0 Å². The molecule has 29 heavy (non-hydrogen) atoms. The third kappa shape index (κ3) is 4.46. The van der Waals surface area contributed by atoms with Crippen molar-refractivity contribution in [1.82, 2.24) is 15.3 Å². The van der Waals surface area contributed by atoms with Crippen molar-refractivity contribution in [1.29, 1.82) is 0 Å². The molecule has 1 aliphatic carbocycles. The number of anilines is 2. The van der Waals surface area contributed by atoms with Crippen LogP contribution in [0.5, 0.6) is 5.75 Å². The minimum Gasteiger partial charge on any atom is -0.497 e. The Balaban J connectivity index is 1.33. The Morgan fingerprint density at radius 3 is 2.79 bits per heavy atom. The average molecular weight is 398 g/mol. The number of hydrogen-bond acceptors (Lipinski definition) is 7. The van der Waals surface area contributed by atoms with E-state index in [0.29, 0.717) is 18.5 Å². The summed E-state index contributed by atoms with van der Waals surface area (Å²) in [5.41, 5.74) is 1.36. The number of aliphatic hydroxyl groups excluding tert-OH is 1. The van der Waals surface area contributed by atoms with E-state index in [-0.39, 0.29) is 12.1 Å². The van der Waals surface area contributed by atoms with Crippen LogP contribution in [0, 0.1) is 0 Å². The van der Waals surface area contributed by atoms with Crippen molar-refractivity contribution in [3.8, 4) is 5.75 Å². The van der Waals surface area contributed by atoms with Crippen molar-refractivity contribution in [3.05, 3.63) is 42.2 Å². The first-order valence-electron chi connectivity index (χ1n) is 10.3. The maximum Gasteiger partial charge on any atom is 0.134 e. The van der Waals surface area contributed by atoms with E-state index in [0.717, 1.165) is 43.2 Å². The van der Waals surface area contributed by atoms with Gasteiger partial charge in [0.2, 0.25) is 0 Å². The summed E-state index contributed by atoms with van der Waals surface area (Å²) in [6.45, 7) is 1.47.